The number of nitrogens with one attached hydrogen (secondary N) is 2. The number of rotatable bonds is 7. The van der Waals surface area contributed by atoms with Gasteiger partial charge in [0.15, 0.2) is 11.5 Å². The summed E-state index contributed by atoms with van der Waals surface area (Å²) in [6, 6.07) is 11.8. The van der Waals surface area contributed by atoms with Crippen LogP contribution >= 0.6 is 0 Å². The zero-order valence-corrected chi connectivity index (χ0v) is 18.7. The van der Waals surface area contributed by atoms with Crippen LogP contribution in [0.5, 0.6) is 17.2 Å². The van der Waals surface area contributed by atoms with Gasteiger partial charge in [0.1, 0.15) is 24.5 Å². The van der Waals surface area contributed by atoms with E-state index in [1.54, 1.807) is 43.1 Å². The van der Waals surface area contributed by atoms with E-state index >= 15 is 0 Å². The van der Waals surface area contributed by atoms with Crippen molar-refractivity contribution in [1.82, 2.24) is 20.7 Å². The van der Waals surface area contributed by atoms with Crippen LogP contribution in [0, 0.1) is 0 Å². The van der Waals surface area contributed by atoms with Gasteiger partial charge in [-0.2, -0.15) is 5.01 Å². The number of fused-ring (bicyclic) bond motifs is 1. The van der Waals surface area contributed by atoms with Crippen molar-refractivity contribution in [3.63, 3.8) is 0 Å². The highest BCUT2D eigenvalue weighted by atomic mass is 16.6. The summed E-state index contributed by atoms with van der Waals surface area (Å²) < 4.78 is 16.3. The van der Waals surface area contributed by atoms with Crippen LogP contribution in [-0.4, -0.2) is 61.7 Å². The highest BCUT2D eigenvalue weighted by Gasteiger charge is 2.50. The Kier molecular flexibility index (Phi) is 6.10. The van der Waals surface area contributed by atoms with Gasteiger partial charge in [-0.25, -0.2) is 4.79 Å². The second-order valence-corrected chi connectivity index (χ2v) is 8.11. The Morgan fingerprint density at radius 1 is 1.18 bits per heavy atom. The summed E-state index contributed by atoms with van der Waals surface area (Å²) in [7, 11) is 3.28. The molecule has 10 heteroatoms. The molecule has 1 saturated heterocycles. The molecule has 1 unspecified atom stereocenters. The Morgan fingerprint density at radius 2 is 1.94 bits per heavy atom. The SMILES string of the molecule is COc1cccc(C2(C)NC(=O)N(NC(=O)CN(C)Cc3ccc4c(c3)OCCO4)C2=O)c1. The number of urea groups is 1. The average molecular weight is 454 g/mol. The standard InChI is InChI=1S/C23H26N4O6/c1-23(16-5-4-6-17(12-16)31-3)21(29)27(22(30)24-23)25-20(28)14-26(2)13-15-7-8-18-19(11-15)33-10-9-32-18/h4-8,11-12H,9-10,13-14H2,1-3H3,(H,24,30)(H,25,28). The Labute approximate surface area is 191 Å². The van der Waals surface area contributed by atoms with E-state index in [1.807, 2.05) is 18.2 Å². The van der Waals surface area contributed by atoms with Gasteiger partial charge in [0.25, 0.3) is 11.8 Å². The average Bonchev–Trinajstić information content (AvgIpc) is 3.02. The molecule has 4 amide bonds. The molecule has 2 heterocycles. The van der Waals surface area contributed by atoms with Crippen molar-refractivity contribution in [2.45, 2.75) is 19.0 Å². The third kappa shape index (κ3) is 4.56. The fourth-order valence-electron chi connectivity index (χ4n) is 3.83. The number of methoxy groups -OCH3 is 1. The van der Waals surface area contributed by atoms with Crippen molar-refractivity contribution < 1.29 is 28.6 Å². The molecule has 1 atom stereocenters. The normalized spacial score (nSPS) is 19.5. The van der Waals surface area contributed by atoms with Gasteiger partial charge in [0, 0.05) is 6.54 Å². The highest BCUT2D eigenvalue weighted by molar-refractivity contribution is 6.08. The second-order valence-electron chi connectivity index (χ2n) is 8.11. The van der Waals surface area contributed by atoms with Gasteiger partial charge in [-0.3, -0.25) is 19.9 Å². The molecular formula is C23H26N4O6. The largest absolute Gasteiger partial charge is 0.497 e. The van der Waals surface area contributed by atoms with Crippen molar-refractivity contribution in [2.75, 3.05) is 33.9 Å². The van der Waals surface area contributed by atoms with Gasteiger partial charge in [0.05, 0.1) is 13.7 Å². The zero-order valence-electron chi connectivity index (χ0n) is 18.7. The molecule has 2 aromatic rings. The summed E-state index contributed by atoms with van der Waals surface area (Å²) in [5.74, 6) is 0.854. The second kappa shape index (κ2) is 8.99. The van der Waals surface area contributed by atoms with E-state index in [0.717, 1.165) is 10.6 Å². The monoisotopic (exact) mass is 454 g/mol. The first kappa shape index (κ1) is 22.4. The maximum atomic E-state index is 13.0. The minimum Gasteiger partial charge on any atom is -0.497 e. The molecule has 4 rings (SSSR count). The minimum absolute atomic E-state index is 0.0264. The number of hydrazine groups is 1. The lowest BCUT2D eigenvalue weighted by molar-refractivity contribution is -0.139. The molecular weight excluding hydrogens is 428 g/mol. The van der Waals surface area contributed by atoms with Gasteiger partial charge in [-0.05, 0) is 49.4 Å². The van der Waals surface area contributed by atoms with Crippen LogP contribution in [0.25, 0.3) is 0 Å². The topological polar surface area (TPSA) is 109 Å². The van der Waals surface area contributed by atoms with Crippen molar-refractivity contribution in [3.05, 3.63) is 53.6 Å². The van der Waals surface area contributed by atoms with Gasteiger partial charge >= 0.3 is 6.03 Å². The number of imide groups is 1. The van der Waals surface area contributed by atoms with Crippen molar-refractivity contribution >= 4 is 17.8 Å². The molecule has 2 N–H and O–H groups in total. The first-order valence-corrected chi connectivity index (χ1v) is 10.5. The number of ether oxygens (including phenoxy) is 3. The van der Waals surface area contributed by atoms with Crippen molar-refractivity contribution in [3.8, 4) is 17.2 Å². The van der Waals surface area contributed by atoms with E-state index in [1.165, 1.54) is 7.11 Å². The van der Waals surface area contributed by atoms with E-state index < -0.39 is 23.4 Å². The van der Waals surface area contributed by atoms with Crippen LogP contribution in [-0.2, 0) is 21.7 Å². The van der Waals surface area contributed by atoms with Gasteiger partial charge < -0.3 is 19.5 Å². The summed E-state index contributed by atoms with van der Waals surface area (Å²) in [6.07, 6.45) is 0. The van der Waals surface area contributed by atoms with E-state index in [-0.39, 0.29) is 6.54 Å². The van der Waals surface area contributed by atoms with E-state index in [2.05, 4.69) is 10.7 Å². The van der Waals surface area contributed by atoms with E-state index in [9.17, 15) is 14.4 Å². The number of likely N-dealkylation sites (N-methyl/N-ethyl adjacent to an activating group) is 1. The molecule has 174 valence electrons. The quantitative estimate of drug-likeness (QED) is 0.609. The number of amides is 4. The van der Waals surface area contributed by atoms with E-state index in [0.29, 0.717) is 42.6 Å². The van der Waals surface area contributed by atoms with Gasteiger partial charge in [-0.15, -0.1) is 0 Å². The van der Waals surface area contributed by atoms with Crippen LogP contribution in [0.15, 0.2) is 42.5 Å². The van der Waals surface area contributed by atoms with Crippen LogP contribution in [0.1, 0.15) is 18.1 Å². The third-order valence-electron chi connectivity index (χ3n) is 5.55. The molecule has 0 aromatic heterocycles. The molecule has 0 aliphatic carbocycles. The summed E-state index contributed by atoms with van der Waals surface area (Å²) in [6.45, 7) is 3.04. The van der Waals surface area contributed by atoms with Crippen LogP contribution in [0.3, 0.4) is 0 Å². The molecule has 33 heavy (non-hydrogen) atoms. The number of nitrogens with zero attached hydrogens (tertiary/aromatic N) is 2. The van der Waals surface area contributed by atoms with E-state index in [4.69, 9.17) is 14.2 Å². The highest BCUT2D eigenvalue weighted by Crippen LogP contribution is 2.31. The summed E-state index contributed by atoms with van der Waals surface area (Å²) in [5.41, 5.74) is 2.58. The van der Waals surface area contributed by atoms with Gasteiger partial charge in [0.2, 0.25) is 0 Å². The molecule has 0 spiro atoms. The first-order chi connectivity index (χ1) is 15.8. The molecule has 0 bridgehead atoms. The van der Waals surface area contributed by atoms with Crippen LogP contribution < -0.4 is 25.0 Å². The number of hydrogen-bond acceptors (Lipinski definition) is 7. The molecule has 2 aliphatic rings. The summed E-state index contributed by atoms with van der Waals surface area (Å²) >= 11 is 0. The number of benzene rings is 2. The number of carbonyl (C=O) groups excluding carboxylic acids is 3. The fourth-order valence-corrected chi connectivity index (χ4v) is 3.83. The predicted octanol–water partition coefficient (Wildman–Crippen LogP) is 1.40. The maximum Gasteiger partial charge on any atom is 0.344 e. The lowest BCUT2D eigenvalue weighted by Gasteiger charge is -2.23. The Bertz CT molecular complexity index is 1090. The summed E-state index contributed by atoms with van der Waals surface area (Å²) in [5, 5.41) is 3.37. The minimum atomic E-state index is -1.32. The molecule has 10 nitrogen and oxygen atoms in total. The Morgan fingerprint density at radius 3 is 2.70 bits per heavy atom. The Balaban J connectivity index is 1.37. The maximum absolute atomic E-state index is 13.0. The van der Waals surface area contributed by atoms with Crippen molar-refractivity contribution in [2.24, 2.45) is 0 Å². The number of hydrogen-bond donors (Lipinski definition) is 2. The zero-order chi connectivity index (χ0) is 23.6. The van der Waals surface area contributed by atoms with Crippen LogP contribution in [0.4, 0.5) is 4.79 Å². The molecule has 0 saturated carbocycles. The lowest BCUT2D eigenvalue weighted by atomic mass is 9.92. The smallest absolute Gasteiger partial charge is 0.344 e. The first-order valence-electron chi connectivity index (χ1n) is 10.5. The Hall–Kier alpha value is -3.79. The van der Waals surface area contributed by atoms with Crippen LogP contribution in [0.2, 0.25) is 0 Å². The fraction of sp³-hybridized carbons (Fsp3) is 0.348. The molecule has 1 fully saturated rings. The van der Waals surface area contributed by atoms with Crippen molar-refractivity contribution in [1.29, 1.82) is 0 Å². The summed E-state index contributed by atoms with van der Waals surface area (Å²) in [4.78, 5) is 39.9. The molecule has 2 aromatic carbocycles. The molecule has 2 aliphatic heterocycles. The lowest BCUT2D eigenvalue weighted by Crippen LogP contribution is -2.50. The molecule has 0 radical (unpaired) electrons. The number of carbonyl (C=O) groups is 3. The predicted molar refractivity (Wildman–Crippen MR) is 118 cm³/mol. The third-order valence-corrected chi connectivity index (χ3v) is 5.55. The van der Waals surface area contributed by atoms with Gasteiger partial charge in [-0.1, -0.05) is 18.2 Å².